The van der Waals surface area contributed by atoms with E-state index in [4.69, 9.17) is 16.3 Å². The minimum absolute atomic E-state index is 0.166. The van der Waals surface area contributed by atoms with Gasteiger partial charge in [-0.2, -0.15) is 0 Å². The molecule has 0 saturated heterocycles. The summed E-state index contributed by atoms with van der Waals surface area (Å²) in [7, 11) is 0. The molecule has 2 aromatic rings. The lowest BCUT2D eigenvalue weighted by atomic mass is 10.1. The van der Waals surface area contributed by atoms with Crippen LogP contribution in [0.15, 0.2) is 54.6 Å². The summed E-state index contributed by atoms with van der Waals surface area (Å²) in [5, 5.41) is 3.43. The first-order valence-corrected chi connectivity index (χ1v) is 9.88. The highest BCUT2D eigenvalue weighted by molar-refractivity contribution is 6.30. The van der Waals surface area contributed by atoms with E-state index in [0.29, 0.717) is 23.9 Å². The van der Waals surface area contributed by atoms with Gasteiger partial charge in [0.25, 0.3) is 5.91 Å². The van der Waals surface area contributed by atoms with E-state index in [1.54, 1.807) is 36.1 Å². The van der Waals surface area contributed by atoms with Gasteiger partial charge >= 0.3 is 0 Å². The summed E-state index contributed by atoms with van der Waals surface area (Å²) < 4.78 is 5.59. The Kier molecular flexibility index (Phi) is 8.82. The average molecular weight is 403 g/mol. The van der Waals surface area contributed by atoms with Crippen molar-refractivity contribution in [2.24, 2.45) is 0 Å². The minimum Gasteiger partial charge on any atom is -0.484 e. The Morgan fingerprint density at radius 1 is 1.14 bits per heavy atom. The molecule has 0 radical (unpaired) electrons. The van der Waals surface area contributed by atoms with E-state index in [9.17, 15) is 9.59 Å². The van der Waals surface area contributed by atoms with Gasteiger partial charge in [-0.25, -0.2) is 0 Å². The van der Waals surface area contributed by atoms with Crippen LogP contribution in [-0.2, 0) is 16.1 Å². The number of carbonyl (C=O) groups is 2. The highest BCUT2D eigenvalue weighted by Crippen LogP contribution is 2.17. The minimum atomic E-state index is -0.604. The second kappa shape index (κ2) is 11.3. The summed E-state index contributed by atoms with van der Waals surface area (Å²) in [6.45, 7) is 4.57. The smallest absolute Gasteiger partial charge is 0.261 e. The molecule has 0 saturated carbocycles. The molecule has 2 amide bonds. The standard InChI is InChI=1S/C22H27ClN2O3/c1-3-4-13-24-22(27)17(2)25(15-18-9-6-5-7-10-18)21(26)16-28-20-12-8-11-19(23)14-20/h5-12,14,17H,3-4,13,15-16H2,1-2H3,(H,24,27)/t17-/m0/s1. The lowest BCUT2D eigenvalue weighted by Gasteiger charge is -2.28. The fraction of sp³-hybridized carbons (Fsp3) is 0.364. The molecule has 0 aliphatic heterocycles. The molecular weight excluding hydrogens is 376 g/mol. The van der Waals surface area contributed by atoms with Crippen LogP contribution in [0.4, 0.5) is 0 Å². The zero-order valence-corrected chi connectivity index (χ0v) is 17.1. The molecule has 0 aromatic heterocycles. The van der Waals surface area contributed by atoms with Crippen molar-refractivity contribution < 1.29 is 14.3 Å². The molecule has 0 fully saturated rings. The molecule has 0 unspecified atom stereocenters. The maximum Gasteiger partial charge on any atom is 0.261 e. The Labute approximate surface area is 171 Å². The molecule has 2 rings (SSSR count). The highest BCUT2D eigenvalue weighted by atomic mass is 35.5. The number of hydrogen-bond donors (Lipinski definition) is 1. The summed E-state index contributed by atoms with van der Waals surface area (Å²) in [4.78, 5) is 26.9. The Morgan fingerprint density at radius 2 is 1.89 bits per heavy atom. The molecule has 0 aliphatic carbocycles. The zero-order chi connectivity index (χ0) is 20.4. The van der Waals surface area contributed by atoms with Crippen molar-refractivity contribution in [1.29, 1.82) is 0 Å². The number of nitrogens with one attached hydrogen (secondary N) is 1. The topological polar surface area (TPSA) is 58.6 Å². The predicted octanol–water partition coefficient (Wildman–Crippen LogP) is 4.05. The Hall–Kier alpha value is -2.53. The monoisotopic (exact) mass is 402 g/mol. The number of unbranched alkanes of at least 4 members (excludes halogenated alkanes) is 1. The number of halogens is 1. The molecule has 28 heavy (non-hydrogen) atoms. The number of nitrogens with zero attached hydrogens (tertiary/aromatic N) is 1. The molecular formula is C22H27ClN2O3. The van der Waals surface area contributed by atoms with E-state index in [0.717, 1.165) is 18.4 Å². The fourth-order valence-electron chi connectivity index (χ4n) is 2.68. The van der Waals surface area contributed by atoms with Gasteiger partial charge in [0.2, 0.25) is 5.91 Å². The summed E-state index contributed by atoms with van der Waals surface area (Å²) in [6.07, 6.45) is 1.90. The number of carbonyl (C=O) groups excluding carboxylic acids is 2. The summed E-state index contributed by atoms with van der Waals surface area (Å²) in [5.74, 6) is 0.0861. The molecule has 6 heteroatoms. The lowest BCUT2D eigenvalue weighted by molar-refractivity contribution is -0.142. The molecule has 5 nitrogen and oxygen atoms in total. The van der Waals surface area contributed by atoms with Crippen molar-refractivity contribution >= 4 is 23.4 Å². The Bertz CT molecular complexity index is 767. The average Bonchev–Trinajstić information content (AvgIpc) is 2.70. The number of ether oxygens (including phenoxy) is 1. The zero-order valence-electron chi connectivity index (χ0n) is 16.4. The van der Waals surface area contributed by atoms with Gasteiger partial charge in [-0.05, 0) is 37.1 Å². The molecule has 1 atom stereocenters. The van der Waals surface area contributed by atoms with Crippen LogP contribution in [0.2, 0.25) is 5.02 Å². The Balaban J connectivity index is 2.07. The van der Waals surface area contributed by atoms with E-state index in [2.05, 4.69) is 12.2 Å². The third kappa shape index (κ3) is 6.89. The van der Waals surface area contributed by atoms with E-state index in [1.807, 2.05) is 30.3 Å². The number of benzene rings is 2. The first kappa shape index (κ1) is 21.8. The molecule has 0 spiro atoms. The van der Waals surface area contributed by atoms with Crippen molar-refractivity contribution in [2.45, 2.75) is 39.3 Å². The maximum absolute atomic E-state index is 12.9. The molecule has 0 bridgehead atoms. The van der Waals surface area contributed by atoms with Crippen LogP contribution >= 0.6 is 11.6 Å². The number of rotatable bonds is 10. The second-order valence-corrected chi connectivity index (χ2v) is 7.01. The quantitative estimate of drug-likeness (QED) is 0.610. The normalized spacial score (nSPS) is 11.5. The van der Waals surface area contributed by atoms with E-state index < -0.39 is 6.04 Å². The van der Waals surface area contributed by atoms with Gasteiger partial charge in [-0.15, -0.1) is 0 Å². The van der Waals surface area contributed by atoms with Gasteiger partial charge < -0.3 is 15.0 Å². The molecule has 2 aromatic carbocycles. The second-order valence-electron chi connectivity index (χ2n) is 6.57. The van der Waals surface area contributed by atoms with Crippen molar-refractivity contribution in [1.82, 2.24) is 10.2 Å². The largest absolute Gasteiger partial charge is 0.484 e. The highest BCUT2D eigenvalue weighted by Gasteiger charge is 2.26. The van der Waals surface area contributed by atoms with E-state index in [-0.39, 0.29) is 18.4 Å². The van der Waals surface area contributed by atoms with Crippen LogP contribution in [0.25, 0.3) is 0 Å². The maximum atomic E-state index is 12.9. The predicted molar refractivity (Wildman–Crippen MR) is 111 cm³/mol. The molecule has 0 heterocycles. The van der Waals surface area contributed by atoms with Gasteiger partial charge in [-0.1, -0.05) is 61.3 Å². The van der Waals surface area contributed by atoms with Crippen LogP contribution in [0.5, 0.6) is 5.75 Å². The summed E-state index contributed by atoms with van der Waals surface area (Å²) in [5.41, 5.74) is 0.951. The molecule has 1 N–H and O–H groups in total. The van der Waals surface area contributed by atoms with Crippen LogP contribution in [0.3, 0.4) is 0 Å². The Morgan fingerprint density at radius 3 is 2.57 bits per heavy atom. The summed E-state index contributed by atoms with van der Waals surface area (Å²) >= 11 is 5.95. The van der Waals surface area contributed by atoms with Crippen molar-refractivity contribution in [2.75, 3.05) is 13.2 Å². The molecule has 0 aliphatic rings. The number of amides is 2. The van der Waals surface area contributed by atoms with E-state index in [1.165, 1.54) is 0 Å². The fourth-order valence-corrected chi connectivity index (χ4v) is 2.86. The van der Waals surface area contributed by atoms with Gasteiger partial charge in [-0.3, -0.25) is 9.59 Å². The van der Waals surface area contributed by atoms with Gasteiger partial charge in [0.05, 0.1) is 0 Å². The first-order chi connectivity index (χ1) is 13.5. The molecule has 150 valence electrons. The van der Waals surface area contributed by atoms with Crippen LogP contribution < -0.4 is 10.1 Å². The van der Waals surface area contributed by atoms with E-state index >= 15 is 0 Å². The third-order valence-corrected chi connectivity index (χ3v) is 4.59. The SMILES string of the molecule is CCCCNC(=O)[C@H](C)N(Cc1ccccc1)C(=O)COc1cccc(Cl)c1. The van der Waals surface area contributed by atoms with Crippen LogP contribution in [0, 0.1) is 0 Å². The van der Waals surface area contributed by atoms with Crippen molar-refractivity contribution in [3.05, 3.63) is 65.2 Å². The number of hydrogen-bond acceptors (Lipinski definition) is 3. The lowest BCUT2D eigenvalue weighted by Crippen LogP contribution is -2.49. The van der Waals surface area contributed by atoms with Gasteiger partial charge in [0.1, 0.15) is 11.8 Å². The van der Waals surface area contributed by atoms with Gasteiger partial charge in [0.15, 0.2) is 6.61 Å². The summed E-state index contributed by atoms with van der Waals surface area (Å²) in [6, 6.07) is 15.9. The van der Waals surface area contributed by atoms with Crippen LogP contribution in [0.1, 0.15) is 32.3 Å². The third-order valence-electron chi connectivity index (χ3n) is 4.35. The first-order valence-electron chi connectivity index (χ1n) is 9.50. The van der Waals surface area contributed by atoms with Crippen LogP contribution in [-0.4, -0.2) is 35.9 Å². The van der Waals surface area contributed by atoms with Crippen molar-refractivity contribution in [3.63, 3.8) is 0 Å². The van der Waals surface area contributed by atoms with Crippen molar-refractivity contribution in [3.8, 4) is 5.75 Å². The van der Waals surface area contributed by atoms with Gasteiger partial charge in [0, 0.05) is 18.1 Å².